The fourth-order valence-electron chi connectivity index (χ4n) is 5.22. The molecule has 0 radical (unpaired) electrons. The number of fused-ring (bicyclic) bond motifs is 1. The van der Waals surface area contributed by atoms with Crippen molar-refractivity contribution in [3.8, 4) is 11.3 Å². The number of hydrogen-bond donors (Lipinski definition) is 0. The van der Waals surface area contributed by atoms with Crippen molar-refractivity contribution in [1.29, 1.82) is 0 Å². The summed E-state index contributed by atoms with van der Waals surface area (Å²) >= 11 is -2.41. The SMILES string of the molecule is CCC[CH2][Sn]([CH2]CCC)([CH2]CCC)[c]1ccc2cc(-c3ccc(N(C)C)cc3)n(C)c2c1. The van der Waals surface area contributed by atoms with E-state index in [0.29, 0.717) is 0 Å². The van der Waals surface area contributed by atoms with E-state index >= 15 is 0 Å². The predicted octanol–water partition coefficient (Wildman–Crippen LogP) is 7.97. The second kappa shape index (κ2) is 11.6. The first-order chi connectivity index (χ1) is 15.5. The molecule has 0 saturated carbocycles. The molecule has 3 heteroatoms. The second-order valence-corrected chi connectivity index (χ2v) is 23.1. The minimum atomic E-state index is -2.41. The van der Waals surface area contributed by atoms with Crippen LogP contribution in [-0.2, 0) is 7.05 Å². The summed E-state index contributed by atoms with van der Waals surface area (Å²) in [7, 11) is 6.45. The van der Waals surface area contributed by atoms with Gasteiger partial charge in [0.25, 0.3) is 0 Å². The van der Waals surface area contributed by atoms with Gasteiger partial charge >= 0.3 is 202 Å². The molecule has 0 amide bonds. The van der Waals surface area contributed by atoms with E-state index in [4.69, 9.17) is 0 Å². The zero-order chi connectivity index (χ0) is 23.1. The summed E-state index contributed by atoms with van der Waals surface area (Å²) in [6.45, 7) is 7.10. The molecule has 1 aromatic heterocycles. The average molecular weight is 539 g/mol. The average Bonchev–Trinajstić information content (AvgIpc) is 3.15. The molecule has 0 aliphatic carbocycles. The number of rotatable bonds is 12. The Bertz CT molecular complexity index is 963. The molecular formula is C29H44N2Sn. The fourth-order valence-corrected chi connectivity index (χ4v) is 21.2. The van der Waals surface area contributed by atoms with Crippen molar-refractivity contribution in [2.75, 3.05) is 19.0 Å². The molecule has 1 heterocycles. The van der Waals surface area contributed by atoms with Crippen LogP contribution in [0.3, 0.4) is 0 Å². The Balaban J connectivity index is 2.04. The molecule has 174 valence electrons. The normalized spacial score (nSPS) is 11.9. The van der Waals surface area contributed by atoms with E-state index in [1.165, 1.54) is 79.7 Å². The van der Waals surface area contributed by atoms with Crippen molar-refractivity contribution >= 4 is 38.5 Å². The molecule has 0 aliphatic heterocycles. The van der Waals surface area contributed by atoms with Crippen LogP contribution in [0, 0.1) is 0 Å². The molecule has 0 saturated heterocycles. The first-order valence-corrected chi connectivity index (χ1v) is 20.3. The van der Waals surface area contributed by atoms with Crippen LogP contribution in [0.4, 0.5) is 5.69 Å². The van der Waals surface area contributed by atoms with Gasteiger partial charge < -0.3 is 0 Å². The summed E-state index contributed by atoms with van der Waals surface area (Å²) in [4.78, 5) is 2.16. The van der Waals surface area contributed by atoms with E-state index in [9.17, 15) is 0 Å². The summed E-state index contributed by atoms with van der Waals surface area (Å²) in [6.07, 6.45) is 8.23. The van der Waals surface area contributed by atoms with Gasteiger partial charge in [0.1, 0.15) is 0 Å². The van der Waals surface area contributed by atoms with Gasteiger partial charge in [0, 0.05) is 0 Å². The zero-order valence-corrected chi connectivity index (χ0v) is 24.2. The van der Waals surface area contributed by atoms with Crippen LogP contribution in [0.5, 0.6) is 0 Å². The summed E-state index contributed by atoms with van der Waals surface area (Å²) in [5.74, 6) is 0. The quantitative estimate of drug-likeness (QED) is 0.212. The van der Waals surface area contributed by atoms with Crippen LogP contribution >= 0.6 is 0 Å². The van der Waals surface area contributed by atoms with Crippen molar-refractivity contribution in [1.82, 2.24) is 4.57 Å². The molecule has 0 N–H and O–H groups in total. The maximum atomic E-state index is 2.62. The summed E-state index contributed by atoms with van der Waals surface area (Å²) in [5, 5.41) is 1.38. The van der Waals surface area contributed by atoms with E-state index in [1.54, 1.807) is 3.58 Å². The maximum absolute atomic E-state index is 2.62. The van der Waals surface area contributed by atoms with Gasteiger partial charge in [0.2, 0.25) is 0 Å². The van der Waals surface area contributed by atoms with Gasteiger partial charge in [0.15, 0.2) is 0 Å². The van der Waals surface area contributed by atoms with E-state index in [1.807, 2.05) is 0 Å². The molecule has 2 aromatic carbocycles. The second-order valence-electron chi connectivity index (χ2n) is 9.89. The molecule has 0 spiro atoms. The van der Waals surface area contributed by atoms with Crippen LogP contribution in [0.1, 0.15) is 59.3 Å². The van der Waals surface area contributed by atoms with Crippen molar-refractivity contribution < 1.29 is 0 Å². The first-order valence-electron chi connectivity index (χ1n) is 12.8. The van der Waals surface area contributed by atoms with Crippen molar-refractivity contribution in [3.63, 3.8) is 0 Å². The van der Waals surface area contributed by atoms with Gasteiger partial charge in [-0.3, -0.25) is 0 Å². The zero-order valence-electron chi connectivity index (χ0n) is 21.4. The van der Waals surface area contributed by atoms with Gasteiger partial charge in [0.05, 0.1) is 0 Å². The van der Waals surface area contributed by atoms with Crippen molar-refractivity contribution in [2.45, 2.75) is 72.6 Å². The Hall–Kier alpha value is -1.42. The number of hydrogen-bond acceptors (Lipinski definition) is 1. The molecule has 0 fully saturated rings. The number of aromatic nitrogens is 1. The van der Waals surface area contributed by atoms with Crippen molar-refractivity contribution in [2.24, 2.45) is 7.05 Å². The molecule has 3 rings (SSSR count). The molecule has 0 atom stereocenters. The Morgan fingerprint density at radius 3 is 1.81 bits per heavy atom. The predicted molar refractivity (Wildman–Crippen MR) is 147 cm³/mol. The molecular weight excluding hydrogens is 495 g/mol. The molecule has 0 bridgehead atoms. The van der Waals surface area contributed by atoms with Crippen LogP contribution < -0.4 is 8.48 Å². The Morgan fingerprint density at radius 2 is 1.31 bits per heavy atom. The van der Waals surface area contributed by atoms with E-state index in [2.05, 4.69) is 99.9 Å². The van der Waals surface area contributed by atoms with E-state index < -0.39 is 18.4 Å². The minimum absolute atomic E-state index is 1.25. The van der Waals surface area contributed by atoms with Crippen LogP contribution in [-0.4, -0.2) is 37.0 Å². The van der Waals surface area contributed by atoms with Crippen LogP contribution in [0.25, 0.3) is 22.2 Å². The van der Waals surface area contributed by atoms with Gasteiger partial charge in [-0.2, -0.15) is 0 Å². The first kappa shape index (κ1) is 25.2. The molecule has 3 aromatic rings. The van der Waals surface area contributed by atoms with Gasteiger partial charge in [-0.05, 0) is 0 Å². The molecule has 32 heavy (non-hydrogen) atoms. The van der Waals surface area contributed by atoms with Gasteiger partial charge in [-0.1, -0.05) is 0 Å². The van der Waals surface area contributed by atoms with Crippen molar-refractivity contribution in [3.05, 3.63) is 48.5 Å². The summed E-state index contributed by atoms with van der Waals surface area (Å²) in [6, 6.07) is 18.9. The number of unbranched alkanes of at least 4 members (excludes halogenated alkanes) is 3. The molecule has 2 nitrogen and oxygen atoms in total. The number of nitrogens with zero attached hydrogens (tertiary/aromatic N) is 2. The Morgan fingerprint density at radius 1 is 0.750 bits per heavy atom. The third-order valence-electron chi connectivity index (χ3n) is 7.36. The topological polar surface area (TPSA) is 8.17 Å². The molecule has 0 aliphatic rings. The fraction of sp³-hybridized carbons (Fsp3) is 0.517. The Kier molecular flexibility index (Phi) is 9.16. The van der Waals surface area contributed by atoms with Crippen LogP contribution in [0.2, 0.25) is 13.3 Å². The standard InChI is InChI=1S/C17H17N2.3C4H9.Sn/c1-18(2)15-10-8-13(9-11-15)17-12-14-6-4-5-7-16(14)19(17)3;3*1-3-4-2;/h4,6-12H,1-3H3;3*1,3-4H2,2H3;. The number of anilines is 1. The van der Waals surface area contributed by atoms with E-state index in [0.717, 1.165) is 0 Å². The summed E-state index contributed by atoms with van der Waals surface area (Å²) < 4.78 is 8.79. The van der Waals surface area contributed by atoms with Gasteiger partial charge in [-0.15, -0.1) is 0 Å². The van der Waals surface area contributed by atoms with Crippen LogP contribution in [0.15, 0.2) is 48.5 Å². The van der Waals surface area contributed by atoms with Gasteiger partial charge in [-0.25, -0.2) is 0 Å². The third-order valence-corrected chi connectivity index (χ3v) is 23.0. The third kappa shape index (κ3) is 5.55. The number of benzene rings is 2. The Labute approximate surface area is 200 Å². The summed E-state index contributed by atoms with van der Waals surface area (Å²) in [5.41, 5.74) is 5.28. The molecule has 0 unspecified atom stereocenters. The monoisotopic (exact) mass is 540 g/mol. The van der Waals surface area contributed by atoms with E-state index in [-0.39, 0.29) is 0 Å². The number of aryl methyl sites for hydroxylation is 1.